The lowest BCUT2D eigenvalue weighted by molar-refractivity contribution is 0.387. The Hall–Kier alpha value is -1.85. The fraction of sp³-hybridized carbons (Fsp3) is 0.368. The Labute approximate surface area is 146 Å². The third kappa shape index (κ3) is 4.36. The van der Waals surface area contributed by atoms with Crippen molar-refractivity contribution in [1.82, 2.24) is 5.32 Å². The first-order valence-electron chi connectivity index (χ1n) is 7.87. The zero-order valence-corrected chi connectivity index (χ0v) is 15.6. The molecule has 24 heavy (non-hydrogen) atoms. The van der Waals surface area contributed by atoms with E-state index in [2.05, 4.69) is 19.2 Å². The minimum atomic E-state index is -0.950. The maximum absolute atomic E-state index is 11.5. The third-order valence-corrected chi connectivity index (χ3v) is 5.05. The predicted octanol–water partition coefficient (Wildman–Crippen LogP) is 3.85. The summed E-state index contributed by atoms with van der Waals surface area (Å²) in [5, 5.41) is 3.58. The van der Waals surface area contributed by atoms with E-state index in [1.807, 2.05) is 42.5 Å². The van der Waals surface area contributed by atoms with Gasteiger partial charge in [-0.1, -0.05) is 12.1 Å². The van der Waals surface area contributed by atoms with E-state index >= 15 is 0 Å². The highest BCUT2D eigenvalue weighted by Crippen LogP contribution is 2.30. The molecule has 0 fully saturated rings. The van der Waals surface area contributed by atoms with Gasteiger partial charge >= 0.3 is 0 Å². The lowest BCUT2D eigenvalue weighted by Crippen LogP contribution is -2.23. The number of rotatable bonds is 7. The first-order chi connectivity index (χ1) is 11.5. The van der Waals surface area contributed by atoms with Crippen LogP contribution < -0.4 is 14.8 Å². The molecule has 2 aromatic rings. The number of benzene rings is 2. The second-order valence-corrected chi connectivity index (χ2v) is 7.12. The summed E-state index contributed by atoms with van der Waals surface area (Å²) in [7, 11) is 2.38. The summed E-state index contributed by atoms with van der Waals surface area (Å²) in [5.74, 6) is 1.64. The van der Waals surface area contributed by atoms with Crippen molar-refractivity contribution in [2.75, 3.05) is 20.5 Å². The lowest BCUT2D eigenvalue weighted by Gasteiger charge is -2.23. The normalized spacial score (nSPS) is 14.7. The van der Waals surface area contributed by atoms with Gasteiger partial charge in [0.05, 0.1) is 14.2 Å². The zero-order valence-electron chi connectivity index (χ0n) is 14.8. The van der Waals surface area contributed by atoms with Crippen molar-refractivity contribution in [2.45, 2.75) is 30.8 Å². The molecular weight excluding hydrogens is 322 g/mol. The first-order valence-corrected chi connectivity index (χ1v) is 9.43. The lowest BCUT2D eigenvalue weighted by atomic mass is 10.0. The molecule has 5 heteroatoms. The van der Waals surface area contributed by atoms with Gasteiger partial charge in [-0.25, -0.2) is 0 Å². The Kier molecular flexibility index (Phi) is 6.40. The third-order valence-electron chi connectivity index (χ3n) is 4.12. The van der Waals surface area contributed by atoms with Gasteiger partial charge < -0.3 is 14.8 Å². The highest BCUT2D eigenvalue weighted by atomic mass is 32.2. The molecule has 0 amide bonds. The highest BCUT2D eigenvalue weighted by Gasteiger charge is 2.16. The van der Waals surface area contributed by atoms with Crippen LogP contribution in [0.25, 0.3) is 0 Å². The van der Waals surface area contributed by atoms with E-state index < -0.39 is 10.8 Å². The predicted molar refractivity (Wildman–Crippen MR) is 98.3 cm³/mol. The monoisotopic (exact) mass is 347 g/mol. The molecule has 0 heterocycles. The second kappa shape index (κ2) is 8.31. The van der Waals surface area contributed by atoms with Crippen LogP contribution in [0.15, 0.2) is 47.4 Å². The second-order valence-electron chi connectivity index (χ2n) is 5.74. The first kappa shape index (κ1) is 18.5. The van der Waals surface area contributed by atoms with Crippen LogP contribution in [0.2, 0.25) is 0 Å². The van der Waals surface area contributed by atoms with E-state index in [0.717, 1.165) is 27.5 Å². The summed E-state index contributed by atoms with van der Waals surface area (Å²) in [6, 6.07) is 13.9. The molecule has 0 aliphatic carbocycles. The smallest absolute Gasteiger partial charge is 0.123 e. The largest absolute Gasteiger partial charge is 0.497 e. The molecule has 0 saturated heterocycles. The van der Waals surface area contributed by atoms with Gasteiger partial charge in [-0.05, 0) is 49.7 Å². The molecular formula is C19H25NO3S. The summed E-state index contributed by atoms with van der Waals surface area (Å²) in [6.07, 6.45) is 1.69. The van der Waals surface area contributed by atoms with E-state index in [1.165, 1.54) is 0 Å². The van der Waals surface area contributed by atoms with E-state index in [-0.39, 0.29) is 12.1 Å². The van der Waals surface area contributed by atoms with Crippen LogP contribution in [-0.4, -0.2) is 24.7 Å². The van der Waals surface area contributed by atoms with Crippen LogP contribution in [0.4, 0.5) is 0 Å². The van der Waals surface area contributed by atoms with Gasteiger partial charge in [0.1, 0.15) is 11.5 Å². The van der Waals surface area contributed by atoms with Crippen molar-refractivity contribution in [2.24, 2.45) is 0 Å². The summed E-state index contributed by atoms with van der Waals surface area (Å²) in [4.78, 5) is 0.841. The van der Waals surface area contributed by atoms with Crippen molar-refractivity contribution in [1.29, 1.82) is 0 Å². The molecule has 130 valence electrons. The molecule has 2 rings (SSSR count). The standard InChI is InChI=1S/C19H25NO3S/c1-13(15-6-9-17(10-7-15)24(5)21)20-14(2)18-12-16(22-3)8-11-19(18)23-4/h6-14,20H,1-5H3/t13-,14-,24-/m0/s1. The minimum Gasteiger partial charge on any atom is -0.497 e. The van der Waals surface area contributed by atoms with Gasteiger partial charge in [0.2, 0.25) is 0 Å². The van der Waals surface area contributed by atoms with Gasteiger partial charge in [-0.15, -0.1) is 0 Å². The molecule has 0 unspecified atom stereocenters. The van der Waals surface area contributed by atoms with Crippen molar-refractivity contribution >= 4 is 10.8 Å². The maximum atomic E-state index is 11.5. The molecule has 0 aliphatic rings. The highest BCUT2D eigenvalue weighted by molar-refractivity contribution is 7.84. The average Bonchev–Trinajstić information content (AvgIpc) is 2.60. The van der Waals surface area contributed by atoms with E-state index in [9.17, 15) is 4.21 Å². The van der Waals surface area contributed by atoms with E-state index in [0.29, 0.717) is 0 Å². The molecule has 0 bridgehead atoms. The zero-order chi connectivity index (χ0) is 17.7. The van der Waals surface area contributed by atoms with Crippen molar-refractivity contribution < 1.29 is 13.7 Å². The van der Waals surface area contributed by atoms with E-state index in [1.54, 1.807) is 20.5 Å². The Morgan fingerprint density at radius 1 is 0.958 bits per heavy atom. The van der Waals surface area contributed by atoms with Crippen LogP contribution in [-0.2, 0) is 10.8 Å². The van der Waals surface area contributed by atoms with Gasteiger partial charge in [-0.2, -0.15) is 0 Å². The average molecular weight is 347 g/mol. The van der Waals surface area contributed by atoms with Crippen molar-refractivity contribution in [3.8, 4) is 11.5 Å². The summed E-state index contributed by atoms with van der Waals surface area (Å²) >= 11 is 0. The Morgan fingerprint density at radius 2 is 1.62 bits per heavy atom. The SMILES string of the molecule is COc1ccc(OC)c([C@H](C)N[C@@H](C)c2ccc([S@](C)=O)cc2)c1. The Bertz CT molecular complexity index is 700. The van der Waals surface area contributed by atoms with Crippen LogP contribution >= 0.6 is 0 Å². The molecule has 0 radical (unpaired) electrons. The molecule has 0 spiro atoms. The molecule has 0 aromatic heterocycles. The fourth-order valence-corrected chi connectivity index (χ4v) is 3.21. The Morgan fingerprint density at radius 3 is 2.17 bits per heavy atom. The van der Waals surface area contributed by atoms with Crippen LogP contribution in [0.1, 0.15) is 37.1 Å². The number of nitrogens with one attached hydrogen (secondary N) is 1. The maximum Gasteiger partial charge on any atom is 0.123 e. The van der Waals surface area contributed by atoms with Crippen molar-refractivity contribution in [3.63, 3.8) is 0 Å². The van der Waals surface area contributed by atoms with Crippen molar-refractivity contribution in [3.05, 3.63) is 53.6 Å². The fourth-order valence-electron chi connectivity index (χ4n) is 2.69. The molecule has 3 atom stereocenters. The minimum absolute atomic E-state index is 0.0880. The number of hydrogen-bond acceptors (Lipinski definition) is 4. The molecule has 1 N–H and O–H groups in total. The van der Waals surface area contributed by atoms with Gasteiger partial charge in [0.15, 0.2) is 0 Å². The van der Waals surface area contributed by atoms with Crippen LogP contribution in [0.5, 0.6) is 11.5 Å². The summed E-state index contributed by atoms with van der Waals surface area (Å²) < 4.78 is 22.3. The summed E-state index contributed by atoms with van der Waals surface area (Å²) in [6.45, 7) is 4.21. The van der Waals surface area contributed by atoms with Gasteiger partial charge in [-0.3, -0.25) is 4.21 Å². The quantitative estimate of drug-likeness (QED) is 0.826. The molecule has 0 saturated carbocycles. The van der Waals surface area contributed by atoms with Gasteiger partial charge in [0.25, 0.3) is 0 Å². The number of methoxy groups -OCH3 is 2. The van der Waals surface area contributed by atoms with Crippen LogP contribution in [0, 0.1) is 0 Å². The number of ether oxygens (including phenoxy) is 2. The topological polar surface area (TPSA) is 47.6 Å². The van der Waals surface area contributed by atoms with Crippen LogP contribution in [0.3, 0.4) is 0 Å². The summed E-state index contributed by atoms with van der Waals surface area (Å²) in [5.41, 5.74) is 2.20. The van der Waals surface area contributed by atoms with Gasteiger partial charge in [0, 0.05) is 39.6 Å². The van der Waals surface area contributed by atoms with E-state index in [4.69, 9.17) is 9.47 Å². The molecule has 2 aromatic carbocycles. The molecule has 0 aliphatic heterocycles. The number of hydrogen-bond donors (Lipinski definition) is 1. The molecule has 4 nitrogen and oxygen atoms in total. The Balaban J connectivity index is 2.16.